The van der Waals surface area contributed by atoms with Crippen LogP contribution >= 0.6 is 11.3 Å². The highest BCUT2D eigenvalue weighted by molar-refractivity contribution is 7.15. The van der Waals surface area contributed by atoms with E-state index in [9.17, 15) is 14.7 Å². The van der Waals surface area contributed by atoms with Crippen LogP contribution in [0.3, 0.4) is 0 Å². The molecule has 38 heavy (non-hydrogen) atoms. The van der Waals surface area contributed by atoms with Gasteiger partial charge in [-0.15, -0.1) is 11.3 Å². The van der Waals surface area contributed by atoms with Crippen molar-refractivity contribution in [1.29, 1.82) is 0 Å². The van der Waals surface area contributed by atoms with Crippen molar-refractivity contribution in [3.05, 3.63) is 34.9 Å². The number of anilines is 1. The van der Waals surface area contributed by atoms with Crippen molar-refractivity contribution in [3.8, 4) is 0 Å². The van der Waals surface area contributed by atoms with Gasteiger partial charge in [-0.2, -0.15) is 0 Å². The SMILES string of the molecule is C[C@H](C(=O)NCC[NH+]1CCOCC1)[C@H]1CC[C@@]2(C)Cc3sc(NC(=O)c4cnccn4)nc3[C@@H](C)[C@@H]2[C@H]1O. The van der Waals surface area contributed by atoms with Gasteiger partial charge in [-0.3, -0.25) is 19.9 Å². The van der Waals surface area contributed by atoms with Gasteiger partial charge in [0.25, 0.3) is 5.91 Å². The number of nitrogens with one attached hydrogen (secondary N) is 3. The number of hydrogen-bond acceptors (Lipinski definition) is 8. The molecule has 2 aromatic heterocycles. The topological polar surface area (TPSA) is 131 Å². The molecule has 10 nitrogen and oxygen atoms in total. The number of aliphatic hydroxyl groups is 1. The highest BCUT2D eigenvalue weighted by Crippen LogP contribution is 2.57. The molecule has 0 unspecified atom stereocenters. The number of carbonyl (C=O) groups excluding carboxylic acids is 2. The summed E-state index contributed by atoms with van der Waals surface area (Å²) in [6.07, 6.45) is 6.41. The molecule has 3 aliphatic rings. The minimum Gasteiger partial charge on any atom is -0.392 e. The molecule has 2 aliphatic carbocycles. The highest BCUT2D eigenvalue weighted by Gasteiger charge is 2.53. The van der Waals surface area contributed by atoms with Crippen LogP contribution in [0.1, 0.15) is 60.6 Å². The molecule has 1 aliphatic heterocycles. The Hall–Kier alpha value is -2.47. The second-order valence-electron chi connectivity index (χ2n) is 11.4. The van der Waals surface area contributed by atoms with Crippen LogP contribution in [0.4, 0.5) is 5.13 Å². The Morgan fingerprint density at radius 2 is 2.11 bits per heavy atom. The number of carbonyl (C=O) groups is 2. The molecule has 2 fully saturated rings. The Morgan fingerprint density at radius 3 is 2.84 bits per heavy atom. The van der Waals surface area contributed by atoms with E-state index in [1.165, 1.54) is 34.8 Å². The van der Waals surface area contributed by atoms with Gasteiger partial charge in [-0.25, -0.2) is 9.97 Å². The molecule has 11 heteroatoms. The molecule has 0 spiro atoms. The van der Waals surface area contributed by atoms with Crippen molar-refractivity contribution >= 4 is 28.3 Å². The van der Waals surface area contributed by atoms with Crippen molar-refractivity contribution < 1.29 is 24.3 Å². The van der Waals surface area contributed by atoms with Gasteiger partial charge in [0.15, 0.2) is 5.13 Å². The van der Waals surface area contributed by atoms with Gasteiger partial charge in [0, 0.05) is 29.1 Å². The van der Waals surface area contributed by atoms with Gasteiger partial charge in [0.05, 0.1) is 44.3 Å². The van der Waals surface area contributed by atoms with Crippen molar-refractivity contribution in [2.75, 3.05) is 44.7 Å². The van der Waals surface area contributed by atoms with Crippen molar-refractivity contribution in [3.63, 3.8) is 0 Å². The van der Waals surface area contributed by atoms with Crippen LogP contribution in [-0.2, 0) is 16.0 Å². The number of aliphatic hydroxyl groups excluding tert-OH is 1. The van der Waals surface area contributed by atoms with Gasteiger partial charge in [-0.1, -0.05) is 20.8 Å². The average molecular weight is 544 g/mol. The molecule has 6 atom stereocenters. The lowest BCUT2D eigenvalue weighted by molar-refractivity contribution is -0.906. The van der Waals surface area contributed by atoms with Gasteiger partial charge in [-0.05, 0) is 36.5 Å². The summed E-state index contributed by atoms with van der Waals surface area (Å²) in [6, 6.07) is 0. The van der Waals surface area contributed by atoms with E-state index in [0.29, 0.717) is 11.7 Å². The third kappa shape index (κ3) is 5.47. The highest BCUT2D eigenvalue weighted by atomic mass is 32.1. The molecule has 0 bridgehead atoms. The van der Waals surface area contributed by atoms with Crippen molar-refractivity contribution in [2.24, 2.45) is 23.2 Å². The summed E-state index contributed by atoms with van der Waals surface area (Å²) in [6.45, 7) is 11.4. The van der Waals surface area contributed by atoms with Crippen LogP contribution < -0.4 is 15.5 Å². The van der Waals surface area contributed by atoms with Crippen molar-refractivity contribution in [2.45, 2.75) is 52.1 Å². The molecular weight excluding hydrogens is 504 g/mol. The maximum atomic E-state index is 13.1. The Morgan fingerprint density at radius 1 is 1.32 bits per heavy atom. The molecule has 1 saturated heterocycles. The first-order valence-corrected chi connectivity index (χ1v) is 14.5. The zero-order valence-electron chi connectivity index (χ0n) is 22.4. The second kappa shape index (κ2) is 11.3. The third-order valence-electron chi connectivity index (χ3n) is 8.97. The van der Waals surface area contributed by atoms with Crippen LogP contribution in [0, 0.1) is 23.2 Å². The zero-order valence-corrected chi connectivity index (χ0v) is 23.2. The minimum atomic E-state index is -0.596. The van der Waals surface area contributed by atoms with E-state index < -0.39 is 6.10 Å². The molecule has 5 rings (SSSR count). The molecule has 1 saturated carbocycles. The lowest BCUT2D eigenvalue weighted by Crippen LogP contribution is -3.14. The largest absolute Gasteiger partial charge is 0.392 e. The number of rotatable bonds is 7. The summed E-state index contributed by atoms with van der Waals surface area (Å²) < 4.78 is 5.41. The normalized spacial score (nSPS) is 30.1. The smallest absolute Gasteiger partial charge is 0.277 e. The maximum absolute atomic E-state index is 13.1. The predicted molar refractivity (Wildman–Crippen MR) is 143 cm³/mol. The predicted octanol–water partition coefficient (Wildman–Crippen LogP) is 0.906. The van der Waals surface area contributed by atoms with E-state index in [2.05, 4.69) is 34.4 Å². The van der Waals surface area contributed by atoms with Gasteiger partial charge < -0.3 is 20.1 Å². The van der Waals surface area contributed by atoms with Crippen LogP contribution in [0.5, 0.6) is 0 Å². The third-order valence-corrected chi connectivity index (χ3v) is 9.96. The van der Waals surface area contributed by atoms with Crippen LogP contribution in [0.2, 0.25) is 0 Å². The van der Waals surface area contributed by atoms with E-state index in [1.54, 1.807) is 0 Å². The quantitative estimate of drug-likeness (QED) is 0.408. The lowest BCUT2D eigenvalue weighted by Gasteiger charge is -2.53. The van der Waals surface area contributed by atoms with Gasteiger partial charge in [0.1, 0.15) is 18.8 Å². The van der Waals surface area contributed by atoms with Gasteiger partial charge in [0.2, 0.25) is 5.91 Å². The maximum Gasteiger partial charge on any atom is 0.277 e. The van der Waals surface area contributed by atoms with Crippen LogP contribution in [-0.4, -0.2) is 77.4 Å². The number of thiazole rings is 1. The second-order valence-corrected chi connectivity index (χ2v) is 12.5. The Kier molecular flexibility index (Phi) is 8.08. The van der Waals surface area contributed by atoms with E-state index in [4.69, 9.17) is 9.72 Å². The first-order chi connectivity index (χ1) is 18.3. The number of quaternary nitrogens is 1. The fraction of sp³-hybridized carbons (Fsp3) is 0.667. The number of morpholine rings is 1. The van der Waals surface area contributed by atoms with Crippen LogP contribution in [0.25, 0.3) is 0 Å². The number of hydrogen-bond donors (Lipinski definition) is 4. The Bertz CT molecular complexity index is 1140. The standard InChI is InChI=1S/C27H38N6O4S/c1-16(24(35)30-8-9-33-10-12-37-13-11-33)18-4-5-27(3)14-20-22(17(2)21(27)23(18)34)31-26(38-20)32-25(36)19-15-28-6-7-29-19/h6-7,15-18,21,23,34H,4-5,8-14H2,1-3H3,(H,30,35)(H,31,32,36)/p+1/t16-,17-,18+,21+,23-,27-/m0/s1. The number of fused-ring (bicyclic) bond motifs is 2. The first kappa shape index (κ1) is 27.1. The molecule has 206 valence electrons. The number of amides is 2. The molecule has 0 radical (unpaired) electrons. The molecule has 3 heterocycles. The summed E-state index contributed by atoms with van der Waals surface area (Å²) in [7, 11) is 0. The molecular formula is C27H39N6O4S+. The minimum absolute atomic E-state index is 0.00700. The Labute approximate surface area is 227 Å². The summed E-state index contributed by atoms with van der Waals surface area (Å²) >= 11 is 1.50. The summed E-state index contributed by atoms with van der Waals surface area (Å²) in [5.74, 6) is -0.664. The van der Waals surface area contributed by atoms with Crippen molar-refractivity contribution in [1.82, 2.24) is 20.3 Å². The van der Waals surface area contributed by atoms with E-state index in [0.717, 1.165) is 62.7 Å². The molecule has 0 aromatic carbocycles. The lowest BCUT2D eigenvalue weighted by atomic mass is 9.53. The first-order valence-electron chi connectivity index (χ1n) is 13.7. The average Bonchev–Trinajstić information content (AvgIpc) is 3.31. The zero-order chi connectivity index (χ0) is 26.9. The number of ether oxygens (including phenoxy) is 1. The summed E-state index contributed by atoms with van der Waals surface area (Å²) in [5, 5.41) is 18.2. The number of aromatic nitrogens is 3. The van der Waals surface area contributed by atoms with Gasteiger partial charge >= 0.3 is 0 Å². The summed E-state index contributed by atoms with van der Waals surface area (Å²) in [4.78, 5) is 41.1. The monoisotopic (exact) mass is 543 g/mol. The fourth-order valence-electron chi connectivity index (χ4n) is 6.81. The molecule has 4 N–H and O–H groups in total. The van der Waals surface area contributed by atoms with E-state index in [-0.39, 0.29) is 46.6 Å². The molecule has 2 aromatic rings. The Balaban J connectivity index is 1.24. The molecule has 2 amide bonds. The van der Waals surface area contributed by atoms with E-state index >= 15 is 0 Å². The summed E-state index contributed by atoms with van der Waals surface area (Å²) in [5.41, 5.74) is 1.10. The fourth-order valence-corrected chi connectivity index (χ4v) is 8.06. The van der Waals surface area contributed by atoms with E-state index in [1.807, 2.05) is 6.92 Å². The van der Waals surface area contributed by atoms with Crippen LogP contribution in [0.15, 0.2) is 18.6 Å². The number of nitrogens with zero attached hydrogens (tertiary/aromatic N) is 3.